The number of rotatable bonds is 5. The van der Waals surface area contributed by atoms with E-state index in [-0.39, 0.29) is 16.5 Å². The van der Waals surface area contributed by atoms with Gasteiger partial charge in [-0.25, -0.2) is 17.5 Å². The van der Waals surface area contributed by atoms with E-state index in [1.165, 1.54) is 32.3 Å². The molecule has 6 nitrogen and oxygen atoms in total. The van der Waals surface area contributed by atoms with Crippen LogP contribution in [0.5, 0.6) is 0 Å². The Morgan fingerprint density at radius 1 is 1.29 bits per heavy atom. The zero-order valence-corrected chi connectivity index (χ0v) is 12.7. The molecule has 21 heavy (non-hydrogen) atoms. The van der Waals surface area contributed by atoms with Crippen molar-refractivity contribution in [3.05, 3.63) is 35.9 Å². The summed E-state index contributed by atoms with van der Waals surface area (Å²) in [6, 6.07) is 4.28. The molecule has 0 bridgehead atoms. The number of carboxylic acids is 1. The quantitative estimate of drug-likeness (QED) is 0.809. The van der Waals surface area contributed by atoms with Crippen molar-refractivity contribution in [2.45, 2.75) is 23.8 Å². The molecule has 0 unspecified atom stereocenters. The number of anilines is 1. The molecule has 0 saturated carbocycles. The highest BCUT2D eigenvalue weighted by atomic mass is 32.2. The molecule has 0 amide bonds. The van der Waals surface area contributed by atoms with Gasteiger partial charge in [0, 0.05) is 25.8 Å². The number of nitrogens with zero attached hydrogens (tertiary/aromatic N) is 1. The van der Waals surface area contributed by atoms with Gasteiger partial charge in [0.2, 0.25) is 10.0 Å². The lowest BCUT2D eigenvalue weighted by Crippen LogP contribution is -2.23. The van der Waals surface area contributed by atoms with Gasteiger partial charge in [0.1, 0.15) is 0 Å². The monoisotopic (exact) mass is 310 g/mol. The molecule has 0 saturated heterocycles. The molecule has 1 aromatic carbocycles. The van der Waals surface area contributed by atoms with Gasteiger partial charge in [0.25, 0.3) is 0 Å². The molecule has 114 valence electrons. The van der Waals surface area contributed by atoms with E-state index in [9.17, 15) is 18.3 Å². The summed E-state index contributed by atoms with van der Waals surface area (Å²) in [6.07, 6.45) is 5.72. The van der Waals surface area contributed by atoms with Crippen molar-refractivity contribution < 1.29 is 18.3 Å². The minimum absolute atomic E-state index is 0.0278. The molecular formula is C14H18N2O4S. The smallest absolute Gasteiger partial charge is 0.337 e. The molecule has 0 radical (unpaired) electrons. The average molecular weight is 310 g/mol. The van der Waals surface area contributed by atoms with Crippen molar-refractivity contribution in [3.63, 3.8) is 0 Å². The Hall–Kier alpha value is -1.86. The molecule has 2 N–H and O–H groups in total. The molecule has 7 heteroatoms. The van der Waals surface area contributed by atoms with Crippen LogP contribution in [0.1, 0.15) is 23.2 Å². The molecule has 0 atom stereocenters. The third-order valence-electron chi connectivity index (χ3n) is 3.37. The number of hydrogen-bond acceptors (Lipinski definition) is 4. The lowest BCUT2D eigenvalue weighted by molar-refractivity contribution is 0.0697. The lowest BCUT2D eigenvalue weighted by Gasteiger charge is -2.17. The Morgan fingerprint density at radius 3 is 2.43 bits per heavy atom. The van der Waals surface area contributed by atoms with Crippen LogP contribution < -0.4 is 5.32 Å². The summed E-state index contributed by atoms with van der Waals surface area (Å²) in [5.74, 6) is -1.15. The first kappa shape index (κ1) is 15.5. The van der Waals surface area contributed by atoms with E-state index in [0.717, 1.165) is 17.1 Å². The molecule has 0 aromatic heterocycles. The summed E-state index contributed by atoms with van der Waals surface area (Å²) in [5, 5.41) is 12.5. The number of aromatic carboxylic acids is 1. The normalized spacial score (nSPS) is 15.6. The second-order valence-corrected chi connectivity index (χ2v) is 7.24. The largest absolute Gasteiger partial charge is 0.478 e. The highest BCUT2D eigenvalue weighted by Crippen LogP contribution is 2.25. The van der Waals surface area contributed by atoms with Gasteiger partial charge >= 0.3 is 5.97 Å². The van der Waals surface area contributed by atoms with E-state index in [0.29, 0.717) is 5.69 Å². The fourth-order valence-electron chi connectivity index (χ4n) is 2.15. The first-order valence-corrected chi connectivity index (χ1v) is 7.98. The van der Waals surface area contributed by atoms with Crippen LogP contribution in [0.3, 0.4) is 0 Å². The molecule has 1 aliphatic carbocycles. The van der Waals surface area contributed by atoms with Crippen LogP contribution in [0.2, 0.25) is 0 Å². The Balaban J connectivity index is 2.38. The molecule has 0 aliphatic heterocycles. The van der Waals surface area contributed by atoms with Crippen LogP contribution >= 0.6 is 0 Å². The first-order valence-electron chi connectivity index (χ1n) is 6.54. The SMILES string of the molecule is CN(C)S(=O)(=O)c1ccc(NC2CC=CC2)c(C(=O)O)c1. The molecule has 1 aromatic rings. The van der Waals surface area contributed by atoms with Crippen molar-refractivity contribution >= 4 is 21.7 Å². The van der Waals surface area contributed by atoms with E-state index in [1.807, 2.05) is 12.2 Å². The maximum Gasteiger partial charge on any atom is 0.337 e. The summed E-state index contributed by atoms with van der Waals surface area (Å²) in [5.41, 5.74) is 0.402. The van der Waals surface area contributed by atoms with E-state index in [4.69, 9.17) is 0 Å². The Morgan fingerprint density at radius 2 is 1.90 bits per heavy atom. The van der Waals surface area contributed by atoms with Crippen LogP contribution in [-0.2, 0) is 10.0 Å². The van der Waals surface area contributed by atoms with Gasteiger partial charge in [-0.05, 0) is 31.0 Å². The van der Waals surface area contributed by atoms with Gasteiger partial charge in [-0.15, -0.1) is 0 Å². The summed E-state index contributed by atoms with van der Waals surface area (Å²) in [7, 11) is -0.829. The molecule has 1 aliphatic rings. The van der Waals surface area contributed by atoms with Gasteiger partial charge in [-0.3, -0.25) is 0 Å². The zero-order chi connectivity index (χ0) is 15.6. The van der Waals surface area contributed by atoms with Gasteiger partial charge in [-0.2, -0.15) is 0 Å². The van der Waals surface area contributed by atoms with E-state index in [1.54, 1.807) is 0 Å². The molecular weight excluding hydrogens is 292 g/mol. The maximum absolute atomic E-state index is 12.1. The number of hydrogen-bond donors (Lipinski definition) is 2. The van der Waals surface area contributed by atoms with Gasteiger partial charge in [-0.1, -0.05) is 12.2 Å². The highest BCUT2D eigenvalue weighted by Gasteiger charge is 2.22. The highest BCUT2D eigenvalue weighted by molar-refractivity contribution is 7.89. The fourth-order valence-corrected chi connectivity index (χ4v) is 3.08. The van der Waals surface area contributed by atoms with E-state index >= 15 is 0 Å². The molecule has 0 spiro atoms. The number of carboxylic acid groups (broad SMARTS) is 1. The first-order chi connectivity index (χ1) is 9.82. The molecule has 0 fully saturated rings. The average Bonchev–Trinajstić information content (AvgIpc) is 2.91. The van der Waals surface area contributed by atoms with Crippen LogP contribution in [0.25, 0.3) is 0 Å². The van der Waals surface area contributed by atoms with Crippen molar-refractivity contribution in [2.75, 3.05) is 19.4 Å². The van der Waals surface area contributed by atoms with Crippen LogP contribution in [-0.4, -0.2) is 43.9 Å². The Kier molecular flexibility index (Phi) is 4.34. The number of sulfonamides is 1. The predicted molar refractivity (Wildman–Crippen MR) is 80.1 cm³/mol. The topological polar surface area (TPSA) is 86.7 Å². The summed E-state index contributed by atoms with van der Waals surface area (Å²) in [4.78, 5) is 11.4. The van der Waals surface area contributed by atoms with Gasteiger partial charge in [0.05, 0.1) is 10.5 Å². The third-order valence-corrected chi connectivity index (χ3v) is 5.18. The maximum atomic E-state index is 12.1. The number of benzene rings is 1. The van der Waals surface area contributed by atoms with Crippen molar-refractivity contribution in [1.29, 1.82) is 0 Å². The summed E-state index contributed by atoms with van der Waals surface area (Å²) in [6.45, 7) is 0. The van der Waals surface area contributed by atoms with Crippen molar-refractivity contribution in [2.24, 2.45) is 0 Å². The van der Waals surface area contributed by atoms with E-state index < -0.39 is 16.0 Å². The molecule has 2 rings (SSSR count). The van der Waals surface area contributed by atoms with Gasteiger partial charge in [0.15, 0.2) is 0 Å². The second-order valence-electron chi connectivity index (χ2n) is 5.08. The van der Waals surface area contributed by atoms with Crippen LogP contribution in [0.4, 0.5) is 5.69 Å². The van der Waals surface area contributed by atoms with Crippen molar-refractivity contribution in [3.8, 4) is 0 Å². The lowest BCUT2D eigenvalue weighted by atomic mass is 10.1. The fraction of sp³-hybridized carbons (Fsp3) is 0.357. The minimum atomic E-state index is -3.65. The Bertz CT molecular complexity index is 672. The van der Waals surface area contributed by atoms with Crippen LogP contribution in [0, 0.1) is 0 Å². The summed E-state index contributed by atoms with van der Waals surface area (Å²) >= 11 is 0. The van der Waals surface area contributed by atoms with Crippen LogP contribution in [0.15, 0.2) is 35.2 Å². The van der Waals surface area contributed by atoms with Crippen molar-refractivity contribution in [1.82, 2.24) is 4.31 Å². The standard InChI is InChI=1S/C14H18N2O4S/c1-16(2)21(19,20)11-7-8-13(12(9-11)14(17)18)15-10-5-3-4-6-10/h3-4,7-10,15H,5-6H2,1-2H3,(H,17,18). The zero-order valence-electron chi connectivity index (χ0n) is 11.9. The Labute approximate surface area is 124 Å². The predicted octanol–water partition coefficient (Wildman–Crippen LogP) is 1.77. The summed E-state index contributed by atoms with van der Waals surface area (Å²) < 4.78 is 25.2. The minimum Gasteiger partial charge on any atom is -0.478 e. The van der Waals surface area contributed by atoms with E-state index in [2.05, 4.69) is 5.32 Å². The number of carbonyl (C=O) groups is 1. The van der Waals surface area contributed by atoms with Gasteiger partial charge < -0.3 is 10.4 Å². The third kappa shape index (κ3) is 3.25. The molecule has 0 heterocycles. The second kappa shape index (κ2) is 5.87. The number of nitrogens with one attached hydrogen (secondary N) is 1.